The van der Waals surface area contributed by atoms with Crippen molar-refractivity contribution < 1.29 is 33.9 Å². The van der Waals surface area contributed by atoms with Crippen molar-refractivity contribution in [1.82, 2.24) is 15.5 Å². The van der Waals surface area contributed by atoms with Gasteiger partial charge in [-0.2, -0.15) is 0 Å². The second kappa shape index (κ2) is 12.4. The second-order valence-corrected chi connectivity index (χ2v) is 12.2. The maximum absolute atomic E-state index is 14.0. The summed E-state index contributed by atoms with van der Waals surface area (Å²) in [5.74, 6) is -3.60. The molecular formula is C28H37ClN4O7. The molecule has 12 heteroatoms. The third-order valence-electron chi connectivity index (χ3n) is 7.41. The molecule has 5 atom stereocenters. The van der Waals surface area contributed by atoms with Crippen LogP contribution in [0.3, 0.4) is 0 Å². The van der Waals surface area contributed by atoms with Crippen LogP contribution in [0.25, 0.3) is 0 Å². The predicted molar refractivity (Wildman–Crippen MR) is 148 cm³/mol. The smallest absolute Gasteiger partial charge is 0.305 e. The summed E-state index contributed by atoms with van der Waals surface area (Å²) in [4.78, 5) is 76.8. The van der Waals surface area contributed by atoms with Crippen molar-refractivity contribution >= 4 is 53.2 Å². The van der Waals surface area contributed by atoms with E-state index in [0.717, 1.165) is 0 Å². The van der Waals surface area contributed by atoms with Crippen LogP contribution in [-0.4, -0.2) is 70.1 Å². The summed E-state index contributed by atoms with van der Waals surface area (Å²) in [5, 5.41) is 17.0. The molecule has 1 unspecified atom stereocenters. The number of carboxylic acids is 1. The molecule has 2 bridgehead atoms. The van der Waals surface area contributed by atoms with Crippen LogP contribution in [0.1, 0.15) is 70.7 Å². The zero-order chi connectivity index (χ0) is 29.9. The van der Waals surface area contributed by atoms with E-state index in [1.54, 1.807) is 46.8 Å². The van der Waals surface area contributed by atoms with Crippen molar-refractivity contribution in [3.8, 4) is 0 Å². The number of carboxylic acid groups (broad SMARTS) is 1. The fourth-order valence-corrected chi connectivity index (χ4v) is 5.58. The van der Waals surface area contributed by atoms with Crippen molar-refractivity contribution in [2.24, 2.45) is 17.3 Å². The number of rotatable bonds is 10. The molecule has 1 saturated heterocycles. The van der Waals surface area contributed by atoms with E-state index < -0.39 is 53.7 Å². The fraction of sp³-hybridized carbons (Fsp3) is 0.571. The summed E-state index contributed by atoms with van der Waals surface area (Å²) in [6.45, 7) is 8.81. The van der Waals surface area contributed by atoms with Crippen molar-refractivity contribution in [2.45, 2.75) is 84.5 Å². The van der Waals surface area contributed by atoms with Gasteiger partial charge in [-0.3, -0.25) is 24.0 Å². The average Bonchev–Trinajstić information content (AvgIpc) is 3.48. The highest BCUT2D eigenvalue weighted by Gasteiger charge is 2.53. The molecule has 1 aromatic rings. The molecule has 218 valence electrons. The predicted octanol–water partition coefficient (Wildman–Crippen LogP) is 2.62. The lowest BCUT2D eigenvalue weighted by molar-refractivity contribution is -0.147. The van der Waals surface area contributed by atoms with Crippen LogP contribution in [0.5, 0.6) is 0 Å². The highest BCUT2D eigenvalue weighted by molar-refractivity contribution is 6.37. The van der Waals surface area contributed by atoms with Gasteiger partial charge in [0.15, 0.2) is 0 Å². The van der Waals surface area contributed by atoms with Gasteiger partial charge in [0, 0.05) is 12.0 Å². The molecule has 4 N–H and O–H groups in total. The van der Waals surface area contributed by atoms with Crippen molar-refractivity contribution in [3.63, 3.8) is 0 Å². The molecular weight excluding hydrogens is 540 g/mol. The number of nitrogens with one attached hydrogen (secondary N) is 3. The largest absolute Gasteiger partial charge is 0.481 e. The number of likely N-dealkylation sites (tertiary alicyclic amines) is 1. The highest BCUT2D eigenvalue weighted by atomic mass is 35.5. The number of hydrogen-bond donors (Lipinski definition) is 4. The summed E-state index contributed by atoms with van der Waals surface area (Å²) in [5.41, 5.74) is -0.420. The zero-order valence-electron chi connectivity index (χ0n) is 23.3. The average molecular weight is 577 g/mol. The number of benzene rings is 1. The van der Waals surface area contributed by atoms with Gasteiger partial charge in [0.25, 0.3) is 5.91 Å². The Morgan fingerprint density at radius 1 is 1.12 bits per heavy atom. The number of hydrogen-bond acceptors (Lipinski definition) is 6. The molecule has 1 heterocycles. The molecule has 0 aromatic heterocycles. The number of halogens is 1. The number of piperidine rings is 1. The molecule has 0 spiro atoms. The first-order chi connectivity index (χ1) is 18.6. The summed E-state index contributed by atoms with van der Waals surface area (Å²) in [6, 6.07) is 1.27. The van der Waals surface area contributed by atoms with Gasteiger partial charge >= 0.3 is 5.97 Å². The van der Waals surface area contributed by atoms with Gasteiger partial charge in [-0.05, 0) is 42.7 Å². The number of nitrogens with zero attached hydrogens (tertiary/aromatic N) is 1. The van der Waals surface area contributed by atoms with Crippen molar-refractivity contribution in [3.05, 3.63) is 28.8 Å². The standard InChI is InChI=1S/C28H37ClN4O7/c1-14(2)24(37)31-19-8-6-7-18(21(19)29)25(38)32-23(28(3,4)5)27(40)33-17-10-9-15(11-17)22(33)26(39)30-16(13-34)12-20(35)36/h6-8,13-17,22-23H,9-12H2,1-5H3,(H,30,39)(H,31,37)(H,32,38)(H,35,36)/t15-,16-,17?,22-,23+/m0/s1. The van der Waals surface area contributed by atoms with Crippen LogP contribution >= 0.6 is 11.6 Å². The molecule has 4 amide bonds. The van der Waals surface area contributed by atoms with Crippen LogP contribution in [0.2, 0.25) is 5.02 Å². The minimum absolute atomic E-state index is 0.0323. The normalized spacial score (nSPS) is 21.5. The van der Waals surface area contributed by atoms with Gasteiger partial charge in [0.05, 0.1) is 28.7 Å². The molecule has 2 aliphatic rings. The van der Waals surface area contributed by atoms with E-state index in [-0.39, 0.29) is 40.1 Å². The number of carbonyl (C=O) groups excluding carboxylic acids is 5. The summed E-state index contributed by atoms with van der Waals surface area (Å²) < 4.78 is 0. The Labute approximate surface area is 238 Å². The second-order valence-electron chi connectivity index (χ2n) is 11.8. The lowest BCUT2D eigenvalue weighted by Crippen LogP contribution is -2.61. The third-order valence-corrected chi connectivity index (χ3v) is 7.82. The Morgan fingerprint density at radius 2 is 1.80 bits per heavy atom. The first-order valence-electron chi connectivity index (χ1n) is 13.4. The first-order valence-corrected chi connectivity index (χ1v) is 13.7. The molecule has 1 aliphatic carbocycles. The molecule has 1 saturated carbocycles. The van der Waals surface area contributed by atoms with E-state index in [1.165, 1.54) is 11.0 Å². The van der Waals surface area contributed by atoms with Gasteiger partial charge in [-0.25, -0.2) is 0 Å². The zero-order valence-corrected chi connectivity index (χ0v) is 24.1. The Bertz CT molecular complexity index is 1200. The van der Waals surface area contributed by atoms with Crippen molar-refractivity contribution in [1.29, 1.82) is 0 Å². The summed E-state index contributed by atoms with van der Waals surface area (Å²) in [7, 11) is 0. The number of carbonyl (C=O) groups is 6. The van der Waals surface area contributed by atoms with E-state index >= 15 is 0 Å². The lowest BCUT2D eigenvalue weighted by atomic mass is 9.84. The van der Waals surface area contributed by atoms with Gasteiger partial charge in [0.2, 0.25) is 17.7 Å². The van der Waals surface area contributed by atoms with Crippen molar-refractivity contribution in [2.75, 3.05) is 5.32 Å². The van der Waals surface area contributed by atoms with Crippen LogP contribution < -0.4 is 16.0 Å². The SMILES string of the molecule is CC(C)C(=O)Nc1cccc(C(=O)N[C@H](C(=O)N2C3CC[C@@H](C3)[C@H]2C(=O)N[C@H](C=O)CC(=O)O)C(C)(C)C)c1Cl. The van der Waals surface area contributed by atoms with Crippen LogP contribution in [-0.2, 0) is 24.0 Å². The van der Waals surface area contributed by atoms with E-state index in [9.17, 15) is 28.8 Å². The van der Waals surface area contributed by atoms with E-state index in [0.29, 0.717) is 25.5 Å². The molecule has 11 nitrogen and oxygen atoms in total. The van der Waals surface area contributed by atoms with Gasteiger partial charge < -0.3 is 30.8 Å². The molecule has 0 radical (unpaired) electrons. The number of anilines is 1. The maximum Gasteiger partial charge on any atom is 0.305 e. The quantitative estimate of drug-likeness (QED) is 0.311. The van der Waals surface area contributed by atoms with Crippen LogP contribution in [0.15, 0.2) is 18.2 Å². The molecule has 1 aromatic carbocycles. The molecule has 3 rings (SSSR count). The number of aliphatic carboxylic acids is 1. The third kappa shape index (κ3) is 6.80. The Kier molecular flexibility index (Phi) is 9.60. The number of amides is 4. The lowest BCUT2D eigenvalue weighted by Gasteiger charge is -2.40. The van der Waals surface area contributed by atoms with Gasteiger partial charge in [-0.1, -0.05) is 52.3 Å². The monoisotopic (exact) mass is 576 g/mol. The van der Waals surface area contributed by atoms with Crippen LogP contribution in [0.4, 0.5) is 5.69 Å². The van der Waals surface area contributed by atoms with E-state index in [1.807, 2.05) is 0 Å². The highest BCUT2D eigenvalue weighted by Crippen LogP contribution is 2.43. The van der Waals surface area contributed by atoms with Crippen LogP contribution in [0, 0.1) is 17.3 Å². The van der Waals surface area contributed by atoms with E-state index in [4.69, 9.17) is 16.7 Å². The summed E-state index contributed by atoms with van der Waals surface area (Å²) >= 11 is 6.48. The fourth-order valence-electron chi connectivity index (χ4n) is 5.32. The minimum Gasteiger partial charge on any atom is -0.481 e. The number of aldehydes is 1. The summed E-state index contributed by atoms with van der Waals surface area (Å²) in [6.07, 6.45) is 1.81. The van der Waals surface area contributed by atoms with Gasteiger partial charge in [-0.15, -0.1) is 0 Å². The van der Waals surface area contributed by atoms with Gasteiger partial charge in [0.1, 0.15) is 18.4 Å². The molecule has 40 heavy (non-hydrogen) atoms. The Balaban J connectivity index is 1.86. The molecule has 2 fully saturated rings. The molecule has 1 aliphatic heterocycles. The van der Waals surface area contributed by atoms with E-state index in [2.05, 4.69) is 16.0 Å². The Morgan fingerprint density at radius 3 is 2.38 bits per heavy atom. The first kappa shape index (κ1) is 31.1. The maximum atomic E-state index is 14.0. The Hall–Kier alpha value is -3.47. The topological polar surface area (TPSA) is 162 Å². The minimum atomic E-state index is -1.24. The number of fused-ring (bicyclic) bond motifs is 2.